The number of carbonyl (C=O) groups is 3. The van der Waals surface area contributed by atoms with Crippen LogP contribution in [0.25, 0.3) is 11.1 Å². The van der Waals surface area contributed by atoms with Crippen molar-refractivity contribution in [2.24, 2.45) is 5.41 Å². The van der Waals surface area contributed by atoms with E-state index in [1.807, 2.05) is 24.3 Å². The number of amides is 2. The van der Waals surface area contributed by atoms with Gasteiger partial charge in [-0.1, -0.05) is 48.5 Å². The Balaban J connectivity index is 1.54. The quantitative estimate of drug-likeness (QED) is 0.554. The zero-order valence-electron chi connectivity index (χ0n) is 19.8. The van der Waals surface area contributed by atoms with Crippen LogP contribution in [0.2, 0.25) is 0 Å². The average molecular weight is 453 g/mol. The van der Waals surface area contributed by atoms with E-state index in [2.05, 4.69) is 34.9 Å². The molecule has 7 heteroatoms. The molecule has 3 rings (SSSR count). The lowest BCUT2D eigenvalue weighted by molar-refractivity contribution is -0.151. The predicted octanol–water partition coefficient (Wildman–Crippen LogP) is 4.31. The fraction of sp³-hybridized carbons (Fsp3) is 0.423. The van der Waals surface area contributed by atoms with Crippen molar-refractivity contribution in [3.8, 4) is 11.1 Å². The van der Waals surface area contributed by atoms with Gasteiger partial charge in [-0.2, -0.15) is 0 Å². The maximum atomic E-state index is 12.5. The van der Waals surface area contributed by atoms with E-state index in [-0.39, 0.29) is 24.9 Å². The number of carboxylic acid groups (broad SMARTS) is 1. The van der Waals surface area contributed by atoms with Crippen LogP contribution in [0.4, 0.5) is 4.79 Å². The molecule has 0 aliphatic heterocycles. The van der Waals surface area contributed by atoms with E-state index in [1.54, 1.807) is 34.6 Å². The molecular formula is C26H32N2O5. The molecule has 2 aromatic rings. The normalized spacial score (nSPS) is 14.1. The van der Waals surface area contributed by atoms with Crippen molar-refractivity contribution in [1.82, 2.24) is 10.6 Å². The first-order chi connectivity index (χ1) is 15.4. The van der Waals surface area contributed by atoms with Crippen LogP contribution < -0.4 is 10.6 Å². The number of benzene rings is 2. The number of carbonyl (C=O) groups excluding carboxylic acids is 2. The van der Waals surface area contributed by atoms with Crippen molar-refractivity contribution in [2.75, 3.05) is 6.61 Å². The number of carboxylic acids is 1. The van der Waals surface area contributed by atoms with Crippen LogP contribution in [0.3, 0.4) is 0 Å². The highest BCUT2D eigenvalue weighted by atomic mass is 16.5. The van der Waals surface area contributed by atoms with Gasteiger partial charge in [-0.25, -0.2) is 4.79 Å². The summed E-state index contributed by atoms with van der Waals surface area (Å²) in [5.41, 5.74) is 2.42. The predicted molar refractivity (Wildman–Crippen MR) is 126 cm³/mol. The maximum Gasteiger partial charge on any atom is 0.407 e. The molecule has 2 aromatic carbocycles. The minimum absolute atomic E-state index is 0.00330. The number of fused-ring (bicyclic) bond motifs is 3. The number of ether oxygens (including phenoxy) is 1. The van der Waals surface area contributed by atoms with Gasteiger partial charge < -0.3 is 20.5 Å². The number of hydrogen-bond acceptors (Lipinski definition) is 4. The Morgan fingerprint density at radius 1 is 0.970 bits per heavy atom. The van der Waals surface area contributed by atoms with Gasteiger partial charge in [-0.05, 0) is 56.9 Å². The highest BCUT2D eigenvalue weighted by molar-refractivity contribution is 5.82. The van der Waals surface area contributed by atoms with E-state index in [0.717, 1.165) is 22.3 Å². The fourth-order valence-corrected chi connectivity index (χ4v) is 3.99. The monoisotopic (exact) mass is 452 g/mol. The summed E-state index contributed by atoms with van der Waals surface area (Å²) in [4.78, 5) is 36.4. The number of alkyl carbamates (subject to hydrolysis) is 1. The summed E-state index contributed by atoms with van der Waals surface area (Å²) in [6.45, 7) is 8.36. The van der Waals surface area contributed by atoms with Gasteiger partial charge in [-0.3, -0.25) is 9.59 Å². The molecular weight excluding hydrogens is 420 g/mol. The zero-order valence-corrected chi connectivity index (χ0v) is 19.8. The first-order valence-corrected chi connectivity index (χ1v) is 11.1. The van der Waals surface area contributed by atoms with E-state index in [0.29, 0.717) is 0 Å². The molecule has 0 heterocycles. The van der Waals surface area contributed by atoms with E-state index in [4.69, 9.17) is 4.74 Å². The van der Waals surface area contributed by atoms with Gasteiger partial charge in [0.05, 0.1) is 5.41 Å². The molecule has 3 N–H and O–H groups in total. The molecule has 0 saturated heterocycles. The minimum Gasteiger partial charge on any atom is -0.481 e. The molecule has 1 aliphatic rings. The van der Waals surface area contributed by atoms with E-state index >= 15 is 0 Å². The molecule has 0 unspecified atom stereocenters. The van der Waals surface area contributed by atoms with Crippen LogP contribution in [0.1, 0.15) is 58.1 Å². The number of nitrogens with one attached hydrogen (secondary N) is 2. The number of aliphatic carboxylic acids is 1. The standard InChI is InChI=1S/C26H32N2O5/c1-16(14-22(29)28-26(4,5)25(2,3)23(30)31)27-24(32)33-15-21-19-12-8-6-10-17(19)18-11-7-9-13-20(18)21/h6-13,16,21H,14-15H2,1-5H3,(H,27,32)(H,28,29)(H,30,31)/t16-/m0/s1. The first-order valence-electron chi connectivity index (χ1n) is 11.1. The summed E-state index contributed by atoms with van der Waals surface area (Å²) in [6.07, 6.45) is -0.592. The van der Waals surface area contributed by atoms with Gasteiger partial charge in [0.2, 0.25) is 5.91 Å². The SMILES string of the molecule is C[C@@H](CC(=O)NC(C)(C)C(C)(C)C(=O)O)NC(=O)OCC1c2ccccc2-c2ccccc21. The van der Waals surface area contributed by atoms with Crippen molar-refractivity contribution >= 4 is 18.0 Å². The summed E-state index contributed by atoms with van der Waals surface area (Å²) in [7, 11) is 0. The molecule has 0 fully saturated rings. The molecule has 0 aromatic heterocycles. The van der Waals surface area contributed by atoms with Crippen LogP contribution in [0.5, 0.6) is 0 Å². The molecule has 2 amide bonds. The highest BCUT2D eigenvalue weighted by Gasteiger charge is 2.44. The molecule has 176 valence electrons. The van der Waals surface area contributed by atoms with Gasteiger partial charge in [0, 0.05) is 23.9 Å². The largest absolute Gasteiger partial charge is 0.481 e. The van der Waals surface area contributed by atoms with Gasteiger partial charge in [0.1, 0.15) is 6.61 Å². The fourth-order valence-electron chi connectivity index (χ4n) is 3.99. The summed E-state index contributed by atoms with van der Waals surface area (Å²) in [6, 6.07) is 15.7. The Bertz CT molecular complexity index is 1010. The van der Waals surface area contributed by atoms with Gasteiger partial charge in [0.15, 0.2) is 0 Å². The van der Waals surface area contributed by atoms with Crippen molar-refractivity contribution in [2.45, 2.75) is 58.5 Å². The third kappa shape index (κ3) is 5.02. The van der Waals surface area contributed by atoms with Crippen molar-refractivity contribution in [1.29, 1.82) is 0 Å². The number of rotatable bonds is 8. The zero-order chi connectivity index (χ0) is 24.4. The first kappa shape index (κ1) is 24.3. The Labute approximate surface area is 194 Å². The Hall–Kier alpha value is -3.35. The average Bonchev–Trinajstić information content (AvgIpc) is 3.05. The Kier molecular flexibility index (Phi) is 6.81. The minimum atomic E-state index is -1.16. The van der Waals surface area contributed by atoms with Crippen LogP contribution in [-0.2, 0) is 14.3 Å². The molecule has 33 heavy (non-hydrogen) atoms. The lowest BCUT2D eigenvalue weighted by Gasteiger charge is -2.39. The van der Waals surface area contributed by atoms with Crippen LogP contribution in [0, 0.1) is 5.41 Å². The lowest BCUT2D eigenvalue weighted by Crippen LogP contribution is -2.57. The third-order valence-corrected chi connectivity index (χ3v) is 6.75. The number of hydrogen-bond donors (Lipinski definition) is 3. The lowest BCUT2D eigenvalue weighted by atomic mass is 9.74. The summed E-state index contributed by atoms with van der Waals surface area (Å²) in [5, 5.41) is 14.9. The second kappa shape index (κ2) is 9.25. The van der Waals surface area contributed by atoms with Crippen molar-refractivity contribution < 1.29 is 24.2 Å². The van der Waals surface area contributed by atoms with Gasteiger partial charge >= 0.3 is 12.1 Å². The molecule has 1 atom stereocenters. The maximum absolute atomic E-state index is 12.5. The third-order valence-electron chi connectivity index (χ3n) is 6.75. The molecule has 0 bridgehead atoms. The van der Waals surface area contributed by atoms with E-state index in [1.165, 1.54) is 0 Å². The summed E-state index contributed by atoms with van der Waals surface area (Å²) >= 11 is 0. The van der Waals surface area contributed by atoms with Gasteiger partial charge in [0.25, 0.3) is 0 Å². The molecule has 7 nitrogen and oxygen atoms in total. The second-order valence-electron chi connectivity index (χ2n) is 9.68. The van der Waals surface area contributed by atoms with Gasteiger partial charge in [-0.15, -0.1) is 0 Å². The summed E-state index contributed by atoms with van der Waals surface area (Å²) in [5.74, 6) is -1.39. The van der Waals surface area contributed by atoms with Crippen LogP contribution >= 0.6 is 0 Å². The second-order valence-corrected chi connectivity index (χ2v) is 9.68. The van der Waals surface area contributed by atoms with Crippen LogP contribution in [-0.4, -0.2) is 41.3 Å². The highest BCUT2D eigenvalue weighted by Crippen LogP contribution is 2.44. The van der Waals surface area contributed by atoms with E-state index in [9.17, 15) is 19.5 Å². The molecule has 1 aliphatic carbocycles. The summed E-state index contributed by atoms with van der Waals surface area (Å²) < 4.78 is 5.52. The van der Waals surface area contributed by atoms with Crippen molar-refractivity contribution in [3.63, 3.8) is 0 Å². The van der Waals surface area contributed by atoms with E-state index < -0.39 is 29.1 Å². The Morgan fingerprint density at radius 2 is 1.48 bits per heavy atom. The Morgan fingerprint density at radius 3 is 2.00 bits per heavy atom. The topological polar surface area (TPSA) is 105 Å². The molecule has 0 spiro atoms. The van der Waals surface area contributed by atoms with Crippen molar-refractivity contribution in [3.05, 3.63) is 59.7 Å². The molecule has 0 radical (unpaired) electrons. The smallest absolute Gasteiger partial charge is 0.407 e. The van der Waals surface area contributed by atoms with Crippen LogP contribution in [0.15, 0.2) is 48.5 Å². The molecule has 0 saturated carbocycles.